The smallest absolute Gasteiger partial charge is 0.401 e. The summed E-state index contributed by atoms with van der Waals surface area (Å²) in [5.41, 5.74) is -1.02. The van der Waals surface area contributed by atoms with Gasteiger partial charge in [0.15, 0.2) is 0 Å². The van der Waals surface area contributed by atoms with Gasteiger partial charge < -0.3 is 10.1 Å². The maximum absolute atomic E-state index is 12.5. The SMILES string of the molecule is CCCNC(CN(C)CC(F)(F)F)(C(=O)OC)C1CC1. The van der Waals surface area contributed by atoms with E-state index in [-0.39, 0.29) is 12.5 Å². The van der Waals surface area contributed by atoms with Crippen LogP contribution in [0.2, 0.25) is 0 Å². The van der Waals surface area contributed by atoms with E-state index in [4.69, 9.17) is 4.74 Å². The van der Waals surface area contributed by atoms with Crippen molar-refractivity contribution in [2.75, 3.05) is 33.8 Å². The number of carbonyl (C=O) groups is 1. The van der Waals surface area contributed by atoms with Crippen molar-refractivity contribution in [3.05, 3.63) is 0 Å². The van der Waals surface area contributed by atoms with Gasteiger partial charge in [0, 0.05) is 6.54 Å². The molecule has 0 aromatic rings. The Hall–Kier alpha value is -0.820. The largest absolute Gasteiger partial charge is 0.468 e. The number of ether oxygens (including phenoxy) is 1. The maximum Gasteiger partial charge on any atom is 0.401 e. The fourth-order valence-electron chi connectivity index (χ4n) is 2.53. The molecule has 1 aliphatic rings. The molecule has 0 aliphatic heterocycles. The Balaban J connectivity index is 2.82. The van der Waals surface area contributed by atoms with Gasteiger partial charge in [0.05, 0.1) is 13.7 Å². The van der Waals surface area contributed by atoms with E-state index in [1.54, 1.807) is 0 Å². The number of alkyl halides is 3. The van der Waals surface area contributed by atoms with Crippen LogP contribution in [0, 0.1) is 5.92 Å². The van der Waals surface area contributed by atoms with Crippen LogP contribution in [0.4, 0.5) is 13.2 Å². The van der Waals surface area contributed by atoms with Crippen molar-refractivity contribution < 1.29 is 22.7 Å². The van der Waals surface area contributed by atoms with Crippen LogP contribution in [-0.2, 0) is 9.53 Å². The molecule has 1 aliphatic carbocycles. The highest BCUT2D eigenvalue weighted by Crippen LogP contribution is 2.41. The maximum atomic E-state index is 12.5. The van der Waals surface area contributed by atoms with E-state index in [0.717, 1.165) is 24.2 Å². The Morgan fingerprint density at radius 3 is 2.35 bits per heavy atom. The predicted molar refractivity (Wildman–Crippen MR) is 69.3 cm³/mol. The second-order valence-corrected chi connectivity index (χ2v) is 5.45. The number of halogens is 3. The molecule has 4 nitrogen and oxygen atoms in total. The lowest BCUT2D eigenvalue weighted by Gasteiger charge is -2.36. The van der Waals surface area contributed by atoms with Crippen LogP contribution in [0.25, 0.3) is 0 Å². The highest BCUT2D eigenvalue weighted by atomic mass is 19.4. The van der Waals surface area contributed by atoms with Gasteiger partial charge in [-0.15, -0.1) is 0 Å². The number of carbonyl (C=O) groups excluding carboxylic acids is 1. The van der Waals surface area contributed by atoms with Gasteiger partial charge in [0.2, 0.25) is 0 Å². The second-order valence-electron chi connectivity index (χ2n) is 5.45. The van der Waals surface area contributed by atoms with Crippen molar-refractivity contribution >= 4 is 5.97 Å². The van der Waals surface area contributed by atoms with Gasteiger partial charge in [-0.1, -0.05) is 6.92 Å². The summed E-state index contributed by atoms with van der Waals surface area (Å²) in [4.78, 5) is 13.3. The minimum absolute atomic E-state index is 0.00382. The van der Waals surface area contributed by atoms with E-state index in [2.05, 4.69) is 5.32 Å². The molecule has 1 atom stereocenters. The van der Waals surface area contributed by atoms with Crippen LogP contribution in [0.1, 0.15) is 26.2 Å². The second kappa shape index (κ2) is 6.76. The summed E-state index contributed by atoms with van der Waals surface area (Å²) in [6.07, 6.45) is -1.79. The molecule has 1 N–H and O–H groups in total. The van der Waals surface area contributed by atoms with Gasteiger partial charge in [0.25, 0.3) is 0 Å². The summed E-state index contributed by atoms with van der Waals surface area (Å²) in [5.74, 6) is -0.417. The summed E-state index contributed by atoms with van der Waals surface area (Å²) in [6.45, 7) is 1.49. The third-order valence-electron chi connectivity index (χ3n) is 3.48. The van der Waals surface area contributed by atoms with E-state index in [0.29, 0.717) is 6.54 Å². The number of likely N-dealkylation sites (N-methyl/N-ethyl adjacent to an activating group) is 1. The molecule has 0 aromatic carbocycles. The topological polar surface area (TPSA) is 41.6 Å². The molecule has 1 fully saturated rings. The minimum atomic E-state index is -4.27. The summed E-state index contributed by atoms with van der Waals surface area (Å²) in [6, 6.07) is 0. The Labute approximate surface area is 117 Å². The Kier molecular flexibility index (Phi) is 5.82. The summed E-state index contributed by atoms with van der Waals surface area (Å²) in [5, 5.41) is 3.13. The molecular formula is C13H23F3N2O2. The Bertz CT molecular complexity index is 332. The van der Waals surface area contributed by atoms with Gasteiger partial charge in [-0.25, -0.2) is 4.79 Å². The molecule has 0 bridgehead atoms. The molecule has 0 saturated heterocycles. The van der Waals surface area contributed by atoms with Crippen molar-refractivity contribution in [1.82, 2.24) is 10.2 Å². The van der Waals surface area contributed by atoms with Crippen molar-refractivity contribution in [2.24, 2.45) is 5.92 Å². The summed E-state index contributed by atoms with van der Waals surface area (Å²) < 4.78 is 42.2. The normalized spacial score (nSPS) is 18.9. The van der Waals surface area contributed by atoms with Crippen molar-refractivity contribution in [3.8, 4) is 0 Å². The van der Waals surface area contributed by atoms with Crippen molar-refractivity contribution in [1.29, 1.82) is 0 Å². The molecule has 0 heterocycles. The monoisotopic (exact) mass is 296 g/mol. The first-order valence-corrected chi connectivity index (χ1v) is 6.84. The minimum Gasteiger partial charge on any atom is -0.468 e. The zero-order chi connectivity index (χ0) is 15.4. The van der Waals surface area contributed by atoms with E-state index in [1.165, 1.54) is 14.2 Å². The molecule has 1 saturated carbocycles. The first kappa shape index (κ1) is 17.2. The number of hydrogen-bond acceptors (Lipinski definition) is 4. The third kappa shape index (κ3) is 4.63. The lowest BCUT2D eigenvalue weighted by molar-refractivity contribution is -0.158. The molecular weight excluding hydrogens is 273 g/mol. The molecule has 0 aromatic heterocycles. The number of methoxy groups -OCH3 is 1. The lowest BCUT2D eigenvalue weighted by atomic mass is 9.92. The van der Waals surface area contributed by atoms with Gasteiger partial charge >= 0.3 is 12.1 Å². The highest BCUT2D eigenvalue weighted by molar-refractivity contribution is 5.82. The van der Waals surface area contributed by atoms with E-state index < -0.39 is 24.2 Å². The first-order valence-electron chi connectivity index (χ1n) is 6.84. The third-order valence-corrected chi connectivity index (χ3v) is 3.48. The number of rotatable bonds is 8. The fourth-order valence-corrected chi connectivity index (χ4v) is 2.53. The highest BCUT2D eigenvalue weighted by Gasteiger charge is 2.52. The predicted octanol–water partition coefficient (Wildman–Crippen LogP) is 1.80. The quantitative estimate of drug-likeness (QED) is 0.694. The molecule has 1 unspecified atom stereocenters. The molecule has 20 heavy (non-hydrogen) atoms. The number of nitrogens with zero attached hydrogens (tertiary/aromatic N) is 1. The average molecular weight is 296 g/mol. The van der Waals surface area contributed by atoms with Crippen LogP contribution >= 0.6 is 0 Å². The summed E-state index contributed by atoms with van der Waals surface area (Å²) in [7, 11) is 2.65. The van der Waals surface area contributed by atoms with Crippen LogP contribution in [0.15, 0.2) is 0 Å². The molecule has 0 radical (unpaired) electrons. The van der Waals surface area contributed by atoms with E-state index in [9.17, 15) is 18.0 Å². The average Bonchev–Trinajstić information content (AvgIpc) is 3.15. The molecule has 1 rings (SSSR count). The molecule has 0 amide bonds. The van der Waals surface area contributed by atoms with Crippen LogP contribution < -0.4 is 5.32 Å². The van der Waals surface area contributed by atoms with E-state index >= 15 is 0 Å². The van der Waals surface area contributed by atoms with Crippen LogP contribution in [-0.4, -0.2) is 56.4 Å². The van der Waals surface area contributed by atoms with Gasteiger partial charge in [-0.2, -0.15) is 13.2 Å². The van der Waals surface area contributed by atoms with Gasteiger partial charge in [-0.3, -0.25) is 4.90 Å². The lowest BCUT2D eigenvalue weighted by Crippen LogP contribution is -2.61. The van der Waals surface area contributed by atoms with Crippen molar-refractivity contribution in [2.45, 2.75) is 37.9 Å². The fraction of sp³-hybridized carbons (Fsp3) is 0.923. The van der Waals surface area contributed by atoms with E-state index in [1.807, 2.05) is 6.92 Å². The zero-order valence-corrected chi connectivity index (χ0v) is 12.2. The van der Waals surface area contributed by atoms with Gasteiger partial charge in [0.1, 0.15) is 5.54 Å². The van der Waals surface area contributed by atoms with Crippen molar-refractivity contribution in [3.63, 3.8) is 0 Å². The Morgan fingerprint density at radius 1 is 1.35 bits per heavy atom. The molecule has 7 heteroatoms. The molecule has 0 spiro atoms. The summed E-state index contributed by atoms with van der Waals surface area (Å²) >= 11 is 0. The number of nitrogens with one attached hydrogen (secondary N) is 1. The number of esters is 1. The van der Waals surface area contributed by atoms with Gasteiger partial charge in [-0.05, 0) is 38.8 Å². The van der Waals surface area contributed by atoms with Crippen LogP contribution in [0.3, 0.4) is 0 Å². The molecule has 118 valence electrons. The number of hydrogen-bond donors (Lipinski definition) is 1. The standard InChI is InChI=1S/C13H23F3N2O2/c1-4-7-17-12(10-5-6-10,11(19)20-3)8-18(2)9-13(14,15)16/h10,17H,4-9H2,1-3H3. The van der Waals surface area contributed by atoms with Crippen LogP contribution in [0.5, 0.6) is 0 Å². The Morgan fingerprint density at radius 2 is 1.95 bits per heavy atom. The zero-order valence-electron chi connectivity index (χ0n) is 12.2. The first-order chi connectivity index (χ1) is 9.25.